The van der Waals surface area contributed by atoms with Crippen molar-refractivity contribution in [3.05, 3.63) is 0 Å². The molecule has 0 aromatic rings. The smallest absolute Gasteiger partial charge is 0.270 e. The van der Waals surface area contributed by atoms with Crippen molar-refractivity contribution in [2.24, 2.45) is 5.10 Å². The van der Waals surface area contributed by atoms with Gasteiger partial charge in [0.2, 0.25) is 5.91 Å². The number of rotatable bonds is 3. The van der Waals surface area contributed by atoms with Gasteiger partial charge in [-0.1, -0.05) is 19.3 Å². The monoisotopic (exact) mass is 251 g/mol. The number of nitrogens with one attached hydrogen (secondary N) is 1. The van der Waals surface area contributed by atoms with Crippen LogP contribution in [0.3, 0.4) is 0 Å². The molecule has 0 aromatic heterocycles. The van der Waals surface area contributed by atoms with Gasteiger partial charge in [0.05, 0.1) is 0 Å². The second kappa shape index (κ2) is 5.98. The second-order valence-corrected chi connectivity index (χ2v) is 4.98. The summed E-state index contributed by atoms with van der Waals surface area (Å²) in [5, 5.41) is 3.90. The highest BCUT2D eigenvalue weighted by Crippen LogP contribution is 2.23. The number of carbonyl (C=O) groups is 2. The van der Waals surface area contributed by atoms with Gasteiger partial charge in [-0.05, 0) is 19.8 Å². The zero-order chi connectivity index (χ0) is 13.0. The van der Waals surface area contributed by atoms with E-state index in [2.05, 4.69) is 10.5 Å². The summed E-state index contributed by atoms with van der Waals surface area (Å²) in [6.45, 7) is 2.73. The minimum absolute atomic E-state index is 0.00407. The molecule has 1 saturated carbocycles. The van der Waals surface area contributed by atoms with E-state index in [0.717, 1.165) is 19.4 Å². The first-order chi connectivity index (χ1) is 8.72. The van der Waals surface area contributed by atoms with E-state index in [0.29, 0.717) is 24.6 Å². The van der Waals surface area contributed by atoms with Crippen LogP contribution in [0.1, 0.15) is 51.9 Å². The van der Waals surface area contributed by atoms with Gasteiger partial charge >= 0.3 is 0 Å². The molecule has 0 saturated heterocycles. The van der Waals surface area contributed by atoms with Gasteiger partial charge in [-0.3, -0.25) is 9.59 Å². The quantitative estimate of drug-likeness (QED) is 0.825. The summed E-state index contributed by atoms with van der Waals surface area (Å²) in [6.07, 6.45) is 6.72. The van der Waals surface area contributed by atoms with Gasteiger partial charge < -0.3 is 4.90 Å². The molecule has 2 amide bonds. The maximum atomic E-state index is 12.4. The average Bonchev–Trinajstić information content (AvgIpc) is 2.41. The lowest BCUT2D eigenvalue weighted by atomic mass is 9.93. The van der Waals surface area contributed by atoms with Crippen molar-refractivity contribution in [3.8, 4) is 0 Å². The molecular formula is C13H21N3O2. The van der Waals surface area contributed by atoms with Crippen LogP contribution in [0.5, 0.6) is 0 Å². The van der Waals surface area contributed by atoms with Crippen LogP contribution in [0.15, 0.2) is 5.10 Å². The SMILES string of the molecule is CCN(C(=O)C1=NNC(=O)CC1)C1CCCCC1. The van der Waals surface area contributed by atoms with Crippen molar-refractivity contribution in [1.29, 1.82) is 0 Å². The van der Waals surface area contributed by atoms with E-state index in [4.69, 9.17) is 0 Å². The molecule has 1 fully saturated rings. The van der Waals surface area contributed by atoms with E-state index in [1.165, 1.54) is 19.3 Å². The van der Waals surface area contributed by atoms with Crippen molar-refractivity contribution in [1.82, 2.24) is 10.3 Å². The molecule has 0 atom stereocenters. The van der Waals surface area contributed by atoms with Crippen molar-refractivity contribution >= 4 is 17.5 Å². The van der Waals surface area contributed by atoms with E-state index in [1.54, 1.807) is 0 Å². The molecule has 100 valence electrons. The molecule has 1 N–H and O–H groups in total. The molecule has 2 rings (SSSR count). The summed E-state index contributed by atoms with van der Waals surface area (Å²) in [6, 6.07) is 0.358. The zero-order valence-corrected chi connectivity index (χ0v) is 10.9. The van der Waals surface area contributed by atoms with Crippen molar-refractivity contribution < 1.29 is 9.59 Å². The summed E-state index contributed by atoms with van der Waals surface area (Å²) >= 11 is 0. The van der Waals surface area contributed by atoms with Gasteiger partial charge in [-0.15, -0.1) is 0 Å². The fraction of sp³-hybridized carbons (Fsp3) is 0.769. The predicted molar refractivity (Wildman–Crippen MR) is 69.1 cm³/mol. The van der Waals surface area contributed by atoms with Crippen LogP contribution in [0.25, 0.3) is 0 Å². The van der Waals surface area contributed by atoms with Crippen molar-refractivity contribution in [3.63, 3.8) is 0 Å². The van der Waals surface area contributed by atoms with E-state index >= 15 is 0 Å². The fourth-order valence-corrected chi connectivity index (χ4v) is 2.75. The Morgan fingerprint density at radius 1 is 1.33 bits per heavy atom. The van der Waals surface area contributed by atoms with Gasteiger partial charge in [0, 0.05) is 25.4 Å². The third-order valence-electron chi connectivity index (χ3n) is 3.77. The Morgan fingerprint density at radius 2 is 2.06 bits per heavy atom. The lowest BCUT2D eigenvalue weighted by molar-refractivity contribution is -0.127. The Kier molecular flexibility index (Phi) is 4.33. The molecule has 0 spiro atoms. The van der Waals surface area contributed by atoms with E-state index in [-0.39, 0.29) is 11.8 Å². The summed E-state index contributed by atoms with van der Waals surface area (Å²) < 4.78 is 0. The molecule has 2 aliphatic rings. The largest absolute Gasteiger partial charge is 0.335 e. The van der Waals surface area contributed by atoms with Gasteiger partial charge in [-0.2, -0.15) is 5.10 Å². The first kappa shape index (κ1) is 13.1. The number of hydrogen-bond acceptors (Lipinski definition) is 3. The number of carbonyl (C=O) groups excluding carboxylic acids is 2. The Bertz CT molecular complexity index is 359. The maximum Gasteiger partial charge on any atom is 0.270 e. The Balaban J connectivity index is 2.02. The van der Waals surface area contributed by atoms with Crippen LogP contribution in [0, 0.1) is 0 Å². The summed E-state index contributed by atoms with van der Waals surface area (Å²) in [5.74, 6) is -0.100. The fourth-order valence-electron chi connectivity index (χ4n) is 2.75. The van der Waals surface area contributed by atoms with E-state index in [1.807, 2.05) is 11.8 Å². The standard InChI is InChI=1S/C13H21N3O2/c1-2-16(10-6-4-3-5-7-10)13(18)11-8-9-12(17)15-14-11/h10H,2-9H2,1H3,(H,15,17). The van der Waals surface area contributed by atoms with Crippen LogP contribution in [0.2, 0.25) is 0 Å². The molecule has 0 aromatic carbocycles. The molecule has 1 heterocycles. The highest BCUT2D eigenvalue weighted by Gasteiger charge is 2.28. The molecule has 0 unspecified atom stereocenters. The minimum Gasteiger partial charge on any atom is -0.335 e. The second-order valence-electron chi connectivity index (χ2n) is 4.98. The molecule has 5 nitrogen and oxygen atoms in total. The highest BCUT2D eigenvalue weighted by molar-refractivity contribution is 6.39. The number of hydrazone groups is 1. The number of hydrogen-bond donors (Lipinski definition) is 1. The van der Waals surface area contributed by atoms with Crippen LogP contribution >= 0.6 is 0 Å². The van der Waals surface area contributed by atoms with Crippen LogP contribution < -0.4 is 5.43 Å². The van der Waals surface area contributed by atoms with Gasteiger partial charge in [0.25, 0.3) is 5.91 Å². The molecule has 1 aliphatic heterocycles. The normalized spacial score (nSPS) is 21.2. The van der Waals surface area contributed by atoms with E-state index in [9.17, 15) is 9.59 Å². The lowest BCUT2D eigenvalue weighted by Crippen LogP contribution is -2.46. The number of nitrogens with zero attached hydrogens (tertiary/aromatic N) is 2. The first-order valence-electron chi connectivity index (χ1n) is 6.88. The van der Waals surface area contributed by atoms with Crippen molar-refractivity contribution in [2.45, 2.75) is 57.9 Å². The first-order valence-corrected chi connectivity index (χ1v) is 6.88. The molecule has 5 heteroatoms. The van der Waals surface area contributed by atoms with Crippen LogP contribution in [-0.2, 0) is 9.59 Å². The topological polar surface area (TPSA) is 61.8 Å². The van der Waals surface area contributed by atoms with Gasteiger partial charge in [0.1, 0.15) is 5.71 Å². The van der Waals surface area contributed by atoms with Crippen LogP contribution in [0.4, 0.5) is 0 Å². The summed E-state index contributed by atoms with van der Waals surface area (Å²) in [5.41, 5.74) is 2.90. The van der Waals surface area contributed by atoms with Gasteiger partial charge in [-0.25, -0.2) is 5.43 Å². The molecule has 0 radical (unpaired) electrons. The third-order valence-corrected chi connectivity index (χ3v) is 3.77. The molecular weight excluding hydrogens is 230 g/mol. The molecule has 1 aliphatic carbocycles. The maximum absolute atomic E-state index is 12.4. The predicted octanol–water partition coefficient (Wildman–Crippen LogP) is 1.43. The van der Waals surface area contributed by atoms with Crippen LogP contribution in [-0.4, -0.2) is 35.0 Å². The average molecular weight is 251 g/mol. The Hall–Kier alpha value is -1.39. The van der Waals surface area contributed by atoms with Gasteiger partial charge in [0.15, 0.2) is 0 Å². The highest BCUT2D eigenvalue weighted by atomic mass is 16.2. The third kappa shape index (κ3) is 2.89. The Labute approximate surface area is 108 Å². The zero-order valence-electron chi connectivity index (χ0n) is 10.9. The molecule has 18 heavy (non-hydrogen) atoms. The summed E-state index contributed by atoms with van der Waals surface area (Å²) in [7, 11) is 0. The lowest BCUT2D eigenvalue weighted by Gasteiger charge is -2.34. The Morgan fingerprint density at radius 3 is 2.61 bits per heavy atom. The number of amides is 2. The summed E-state index contributed by atoms with van der Waals surface area (Å²) in [4.78, 5) is 25.3. The minimum atomic E-state index is -0.104. The molecule has 0 bridgehead atoms. The van der Waals surface area contributed by atoms with E-state index < -0.39 is 0 Å². The van der Waals surface area contributed by atoms with Crippen molar-refractivity contribution in [2.75, 3.05) is 6.54 Å².